The van der Waals surface area contributed by atoms with Crippen molar-refractivity contribution in [2.24, 2.45) is 11.5 Å². The largest absolute Gasteiger partial charge is 2.00 e. The zero-order chi connectivity index (χ0) is 18.2. The molecule has 0 spiro atoms. The standard InChI is InChI=1S/C14H14S2.2CH3NO2.Zn/c1-3-7-13(8-4-1)11-15-16-12-14-9-5-2-6-10-14;2*2-1(3)4;/h1-10H,11-12H2;2*2H2,(H,3,4);/q;;;+2/p-2. The predicted molar refractivity (Wildman–Crippen MR) is 94.6 cm³/mol. The number of rotatable bonds is 5. The zero-order valence-corrected chi connectivity index (χ0v) is 18.1. The third-order valence-electron chi connectivity index (χ3n) is 2.22. The van der Waals surface area contributed by atoms with E-state index in [4.69, 9.17) is 19.8 Å². The van der Waals surface area contributed by atoms with Gasteiger partial charge in [0, 0.05) is 11.5 Å². The molecule has 0 aromatic heterocycles. The Balaban J connectivity index is 0. The molecule has 0 aliphatic carbocycles. The summed E-state index contributed by atoms with van der Waals surface area (Å²) in [6.45, 7) is 0. The molecule has 0 heterocycles. The van der Waals surface area contributed by atoms with Gasteiger partial charge in [-0.2, -0.15) is 0 Å². The first kappa shape index (κ1) is 25.5. The van der Waals surface area contributed by atoms with Crippen LogP contribution in [0.15, 0.2) is 60.7 Å². The van der Waals surface area contributed by atoms with Crippen molar-refractivity contribution in [1.29, 1.82) is 0 Å². The molecule has 0 aliphatic heterocycles. The summed E-state index contributed by atoms with van der Waals surface area (Å²) in [5.74, 6) is 2.16. The molecule has 130 valence electrons. The van der Waals surface area contributed by atoms with Crippen molar-refractivity contribution in [1.82, 2.24) is 0 Å². The molecule has 0 aliphatic rings. The van der Waals surface area contributed by atoms with Crippen LogP contribution in [0.5, 0.6) is 0 Å². The van der Waals surface area contributed by atoms with Crippen molar-refractivity contribution in [3.63, 3.8) is 0 Å². The summed E-state index contributed by atoms with van der Waals surface area (Å²) in [4.78, 5) is 17.3. The Morgan fingerprint density at radius 2 is 0.960 bits per heavy atom. The first-order chi connectivity index (χ1) is 11.4. The number of amides is 2. The molecule has 0 saturated carbocycles. The van der Waals surface area contributed by atoms with E-state index in [-0.39, 0.29) is 19.5 Å². The van der Waals surface area contributed by atoms with E-state index in [0.717, 1.165) is 11.5 Å². The average Bonchev–Trinajstić information content (AvgIpc) is 2.53. The molecule has 2 rings (SSSR count). The van der Waals surface area contributed by atoms with E-state index in [1.165, 1.54) is 11.1 Å². The molecule has 2 aromatic carbocycles. The maximum atomic E-state index is 8.67. The first-order valence-corrected chi connectivity index (χ1v) is 9.15. The van der Waals surface area contributed by atoms with Crippen LogP contribution in [-0.2, 0) is 31.0 Å². The summed E-state index contributed by atoms with van der Waals surface area (Å²) in [7, 11) is 3.84. The molecule has 0 fully saturated rings. The van der Waals surface area contributed by atoms with Crippen LogP contribution in [-0.4, -0.2) is 12.2 Å². The first-order valence-electron chi connectivity index (χ1n) is 6.67. The third kappa shape index (κ3) is 20.3. The van der Waals surface area contributed by atoms with Gasteiger partial charge in [0.2, 0.25) is 0 Å². The zero-order valence-electron chi connectivity index (χ0n) is 13.5. The van der Waals surface area contributed by atoms with Crippen molar-refractivity contribution >= 4 is 33.8 Å². The van der Waals surface area contributed by atoms with Gasteiger partial charge < -0.3 is 31.3 Å². The van der Waals surface area contributed by atoms with Crippen molar-refractivity contribution in [3.8, 4) is 0 Å². The van der Waals surface area contributed by atoms with Crippen molar-refractivity contribution in [2.75, 3.05) is 0 Å². The molecule has 0 unspecified atom stereocenters. The Morgan fingerprint density at radius 1 is 0.720 bits per heavy atom. The van der Waals surface area contributed by atoms with E-state index >= 15 is 0 Å². The van der Waals surface area contributed by atoms with Crippen LogP contribution in [0.4, 0.5) is 9.59 Å². The van der Waals surface area contributed by atoms with E-state index in [2.05, 4.69) is 72.1 Å². The van der Waals surface area contributed by atoms with Crippen LogP contribution >= 0.6 is 21.6 Å². The maximum absolute atomic E-state index is 8.67. The van der Waals surface area contributed by atoms with Gasteiger partial charge in [0.05, 0.1) is 0 Å². The Bertz CT molecular complexity index is 528. The van der Waals surface area contributed by atoms with Gasteiger partial charge in [-0.3, -0.25) is 0 Å². The SMILES string of the molecule is NC(=O)[O-].NC(=O)[O-].[Zn+2].c1ccc(CSSCc2ccccc2)cc1. The number of nitrogens with two attached hydrogens (primary N) is 2. The molecule has 2 aromatic rings. The van der Waals surface area contributed by atoms with Crippen LogP contribution in [0.3, 0.4) is 0 Å². The average molecular weight is 432 g/mol. The summed E-state index contributed by atoms with van der Waals surface area (Å²) in [6.07, 6.45) is -3.17. The molecule has 0 bridgehead atoms. The van der Waals surface area contributed by atoms with E-state index in [0.29, 0.717) is 0 Å². The Hall–Kier alpha value is -1.70. The molecular formula is C16H18N2O4S2Zn. The fourth-order valence-electron chi connectivity index (χ4n) is 1.37. The van der Waals surface area contributed by atoms with Crippen molar-refractivity contribution in [3.05, 3.63) is 71.8 Å². The molecule has 25 heavy (non-hydrogen) atoms. The van der Waals surface area contributed by atoms with Gasteiger partial charge >= 0.3 is 19.5 Å². The monoisotopic (exact) mass is 430 g/mol. The van der Waals surface area contributed by atoms with Crippen LogP contribution in [0.1, 0.15) is 11.1 Å². The van der Waals surface area contributed by atoms with Crippen LogP contribution in [0.25, 0.3) is 0 Å². The Morgan fingerprint density at radius 3 is 1.20 bits per heavy atom. The number of hydrogen-bond donors (Lipinski definition) is 2. The molecule has 9 heteroatoms. The Kier molecular flexibility index (Phi) is 17.5. The van der Waals surface area contributed by atoms with Crippen LogP contribution in [0, 0.1) is 0 Å². The predicted octanol–water partition coefficient (Wildman–Crippen LogP) is 1.34. The van der Waals surface area contributed by atoms with Gasteiger partial charge in [0.1, 0.15) is 12.2 Å². The smallest absolute Gasteiger partial charge is 0.530 e. The van der Waals surface area contributed by atoms with Crippen LogP contribution in [0.2, 0.25) is 0 Å². The number of benzene rings is 2. The molecular weight excluding hydrogens is 414 g/mol. The minimum Gasteiger partial charge on any atom is -0.530 e. The maximum Gasteiger partial charge on any atom is 2.00 e. The molecule has 4 N–H and O–H groups in total. The van der Waals surface area contributed by atoms with Gasteiger partial charge in [0.15, 0.2) is 0 Å². The van der Waals surface area contributed by atoms with E-state index in [1.54, 1.807) is 0 Å². The van der Waals surface area contributed by atoms with Gasteiger partial charge in [-0.1, -0.05) is 82.3 Å². The van der Waals surface area contributed by atoms with Crippen molar-refractivity contribution in [2.45, 2.75) is 11.5 Å². The second kappa shape index (κ2) is 17.1. The molecule has 2 amide bonds. The topological polar surface area (TPSA) is 132 Å². The minimum atomic E-state index is -1.58. The van der Waals surface area contributed by atoms with Crippen molar-refractivity contribution < 1.29 is 39.3 Å². The summed E-state index contributed by atoms with van der Waals surface area (Å²) < 4.78 is 0. The Labute approximate surface area is 167 Å². The number of carbonyl (C=O) groups is 2. The summed E-state index contributed by atoms with van der Waals surface area (Å²) in [5, 5.41) is 17.3. The quantitative estimate of drug-likeness (QED) is 0.417. The van der Waals surface area contributed by atoms with E-state index in [9.17, 15) is 0 Å². The van der Waals surface area contributed by atoms with Crippen LogP contribution < -0.4 is 21.7 Å². The molecule has 0 saturated heterocycles. The number of primary amides is 2. The normalized spacial score (nSPS) is 8.48. The second-order valence-corrected chi connectivity index (χ2v) is 6.60. The summed E-state index contributed by atoms with van der Waals surface area (Å²) in [6, 6.07) is 21.2. The van der Waals surface area contributed by atoms with Gasteiger partial charge in [-0.05, 0) is 11.1 Å². The van der Waals surface area contributed by atoms with E-state index < -0.39 is 12.2 Å². The second-order valence-electron chi connectivity index (χ2n) is 4.13. The molecule has 0 radical (unpaired) electrons. The van der Waals surface area contributed by atoms with E-state index in [1.807, 2.05) is 21.6 Å². The molecule has 0 atom stereocenters. The van der Waals surface area contributed by atoms with Gasteiger partial charge in [-0.15, -0.1) is 0 Å². The third-order valence-corrected chi connectivity index (χ3v) is 4.50. The molecule has 6 nitrogen and oxygen atoms in total. The number of carboxylic acid groups (broad SMARTS) is 2. The number of carbonyl (C=O) groups excluding carboxylic acids is 2. The van der Waals surface area contributed by atoms with Gasteiger partial charge in [-0.25, -0.2) is 0 Å². The number of hydrogen-bond acceptors (Lipinski definition) is 6. The van der Waals surface area contributed by atoms with Gasteiger partial charge in [0.25, 0.3) is 0 Å². The fraction of sp³-hybridized carbons (Fsp3) is 0.125. The minimum absolute atomic E-state index is 0. The summed E-state index contributed by atoms with van der Waals surface area (Å²) in [5.41, 5.74) is 10.6. The summed E-state index contributed by atoms with van der Waals surface area (Å²) >= 11 is 0. The fourth-order valence-corrected chi connectivity index (χ4v) is 3.51.